The molecule has 0 bridgehead atoms. The van der Waals surface area contributed by atoms with E-state index in [1.807, 2.05) is 26.0 Å². The summed E-state index contributed by atoms with van der Waals surface area (Å²) in [6.07, 6.45) is 0.645. The zero-order valence-corrected chi connectivity index (χ0v) is 13.4. The van der Waals surface area contributed by atoms with Crippen LogP contribution in [0.4, 0.5) is 16.4 Å². The number of rotatable bonds is 2. The van der Waals surface area contributed by atoms with Crippen LogP contribution in [-0.4, -0.2) is 38.0 Å². The van der Waals surface area contributed by atoms with Crippen LogP contribution in [0.15, 0.2) is 12.1 Å². The van der Waals surface area contributed by atoms with Crippen LogP contribution in [0.25, 0.3) is 0 Å². The van der Waals surface area contributed by atoms with Gasteiger partial charge in [-0.1, -0.05) is 22.8 Å². The number of nitrogens with one attached hydrogen (secondary N) is 1. The summed E-state index contributed by atoms with van der Waals surface area (Å²) >= 11 is 0. The van der Waals surface area contributed by atoms with Gasteiger partial charge in [0.15, 0.2) is 0 Å². The fraction of sp³-hybridized carbons (Fsp3) is 0.467. The van der Waals surface area contributed by atoms with Gasteiger partial charge in [0.05, 0.1) is 18.8 Å². The molecule has 0 fully saturated rings. The fourth-order valence-electron chi connectivity index (χ4n) is 3.19. The maximum atomic E-state index is 11.6. The van der Waals surface area contributed by atoms with E-state index in [0.29, 0.717) is 12.5 Å². The average molecular weight is 316 g/mol. The second-order valence-electron chi connectivity index (χ2n) is 5.90. The SMILES string of the molecule is Cc1cc(C)c2c(c1)C(Nc1nnn(C)n1)CCCN2C(=O)O. The number of hydrogen-bond acceptors (Lipinski definition) is 5. The van der Waals surface area contributed by atoms with Crippen molar-refractivity contribution in [2.45, 2.75) is 32.7 Å². The molecule has 0 radical (unpaired) electrons. The third-order valence-electron chi connectivity index (χ3n) is 4.04. The van der Waals surface area contributed by atoms with E-state index in [4.69, 9.17) is 0 Å². The Morgan fingerprint density at radius 3 is 2.83 bits per heavy atom. The van der Waals surface area contributed by atoms with Crippen LogP contribution in [0.2, 0.25) is 0 Å². The number of aryl methyl sites for hydroxylation is 3. The Hall–Kier alpha value is -2.64. The van der Waals surface area contributed by atoms with Gasteiger partial charge in [0.25, 0.3) is 5.95 Å². The van der Waals surface area contributed by atoms with Crippen LogP contribution < -0.4 is 10.2 Å². The molecule has 1 unspecified atom stereocenters. The summed E-state index contributed by atoms with van der Waals surface area (Å²) < 4.78 is 0. The van der Waals surface area contributed by atoms with E-state index in [-0.39, 0.29) is 6.04 Å². The first-order valence-electron chi connectivity index (χ1n) is 7.58. The van der Waals surface area contributed by atoms with Crippen molar-refractivity contribution >= 4 is 17.7 Å². The van der Waals surface area contributed by atoms with Crippen molar-refractivity contribution in [1.29, 1.82) is 0 Å². The number of anilines is 2. The van der Waals surface area contributed by atoms with Gasteiger partial charge in [0.1, 0.15) is 0 Å². The summed E-state index contributed by atoms with van der Waals surface area (Å²) in [6, 6.07) is 4.01. The van der Waals surface area contributed by atoms with Crippen LogP contribution >= 0.6 is 0 Å². The number of aromatic nitrogens is 4. The molecule has 2 aromatic rings. The molecule has 1 aromatic heterocycles. The summed E-state index contributed by atoms with van der Waals surface area (Å²) in [6.45, 7) is 4.45. The van der Waals surface area contributed by atoms with E-state index in [1.165, 1.54) is 9.70 Å². The summed E-state index contributed by atoms with van der Waals surface area (Å²) in [5.41, 5.74) is 3.80. The minimum absolute atomic E-state index is 0.0443. The van der Waals surface area contributed by atoms with Gasteiger partial charge >= 0.3 is 6.09 Å². The van der Waals surface area contributed by atoms with Crippen molar-refractivity contribution in [3.05, 3.63) is 28.8 Å². The molecule has 3 rings (SSSR count). The first kappa shape index (κ1) is 15.3. The van der Waals surface area contributed by atoms with E-state index in [1.54, 1.807) is 7.05 Å². The first-order chi connectivity index (χ1) is 11.0. The molecule has 23 heavy (non-hydrogen) atoms. The van der Waals surface area contributed by atoms with Crippen LogP contribution in [-0.2, 0) is 7.05 Å². The highest BCUT2D eigenvalue weighted by Crippen LogP contribution is 2.37. The molecule has 2 heterocycles. The zero-order valence-electron chi connectivity index (χ0n) is 13.4. The number of amides is 1. The lowest BCUT2D eigenvalue weighted by atomic mass is 9.96. The second-order valence-corrected chi connectivity index (χ2v) is 5.90. The number of tetrazole rings is 1. The highest BCUT2D eigenvalue weighted by Gasteiger charge is 2.28. The number of hydrogen-bond donors (Lipinski definition) is 2. The molecule has 0 saturated carbocycles. The zero-order chi connectivity index (χ0) is 16.6. The fourth-order valence-corrected chi connectivity index (χ4v) is 3.19. The molecule has 1 aromatic carbocycles. The summed E-state index contributed by atoms with van der Waals surface area (Å²) in [4.78, 5) is 14.5. The highest BCUT2D eigenvalue weighted by atomic mass is 16.4. The third-order valence-corrected chi connectivity index (χ3v) is 4.04. The van der Waals surface area contributed by atoms with Gasteiger partial charge in [-0.25, -0.2) is 4.79 Å². The Bertz CT molecular complexity index is 742. The Labute approximate surface area is 134 Å². The van der Waals surface area contributed by atoms with Crippen molar-refractivity contribution in [3.63, 3.8) is 0 Å². The number of nitrogens with zero attached hydrogens (tertiary/aromatic N) is 5. The Kier molecular flexibility index (Phi) is 3.89. The molecule has 1 aliphatic heterocycles. The maximum Gasteiger partial charge on any atom is 0.411 e. The first-order valence-corrected chi connectivity index (χ1v) is 7.58. The van der Waals surface area contributed by atoms with Crippen molar-refractivity contribution in [2.24, 2.45) is 7.05 Å². The lowest BCUT2D eigenvalue weighted by molar-refractivity contribution is 0.201. The van der Waals surface area contributed by atoms with Crippen molar-refractivity contribution < 1.29 is 9.90 Å². The van der Waals surface area contributed by atoms with Gasteiger partial charge in [-0.05, 0) is 43.0 Å². The van der Waals surface area contributed by atoms with Crippen LogP contribution in [0, 0.1) is 13.8 Å². The lowest BCUT2D eigenvalue weighted by Crippen LogP contribution is -2.30. The maximum absolute atomic E-state index is 11.6. The van der Waals surface area contributed by atoms with Gasteiger partial charge in [-0.3, -0.25) is 4.90 Å². The molecule has 122 valence electrons. The average Bonchev–Trinajstić information content (AvgIpc) is 2.78. The predicted molar refractivity (Wildman–Crippen MR) is 85.7 cm³/mol. The third kappa shape index (κ3) is 2.96. The standard InChI is InChI=1S/C15H20N6O2/c1-9-7-10(2)13-11(8-9)12(5-4-6-21(13)15(22)23)16-14-17-19-20(3)18-14/h7-8,12H,4-6H2,1-3H3,(H,16,18)(H,22,23). The van der Waals surface area contributed by atoms with Crippen LogP contribution in [0.5, 0.6) is 0 Å². The predicted octanol–water partition coefficient (Wildman–Crippen LogP) is 2.26. The van der Waals surface area contributed by atoms with Crippen molar-refractivity contribution in [1.82, 2.24) is 20.2 Å². The minimum atomic E-state index is -0.920. The molecule has 1 atom stereocenters. The van der Waals surface area contributed by atoms with Gasteiger partial charge in [-0.2, -0.15) is 4.80 Å². The largest absolute Gasteiger partial charge is 0.465 e. The van der Waals surface area contributed by atoms with Crippen molar-refractivity contribution in [2.75, 3.05) is 16.8 Å². The van der Waals surface area contributed by atoms with E-state index in [0.717, 1.165) is 35.2 Å². The summed E-state index contributed by atoms with van der Waals surface area (Å²) in [5, 5.41) is 24.8. The normalized spacial score (nSPS) is 17.5. The monoisotopic (exact) mass is 316 g/mol. The Balaban J connectivity index is 2.05. The molecule has 0 spiro atoms. The highest BCUT2D eigenvalue weighted by molar-refractivity contribution is 5.89. The van der Waals surface area contributed by atoms with Gasteiger partial charge in [0.2, 0.25) is 0 Å². The number of carbonyl (C=O) groups is 1. The summed E-state index contributed by atoms with van der Waals surface area (Å²) in [7, 11) is 1.71. The molecule has 0 saturated heterocycles. The summed E-state index contributed by atoms with van der Waals surface area (Å²) in [5.74, 6) is 0.450. The topological polar surface area (TPSA) is 96.2 Å². The van der Waals surface area contributed by atoms with Gasteiger partial charge in [0, 0.05) is 6.54 Å². The molecule has 8 nitrogen and oxygen atoms in total. The Morgan fingerprint density at radius 2 is 2.17 bits per heavy atom. The molecule has 8 heteroatoms. The number of benzene rings is 1. The number of fused-ring (bicyclic) bond motifs is 1. The Morgan fingerprint density at radius 1 is 1.39 bits per heavy atom. The molecule has 0 aliphatic carbocycles. The van der Waals surface area contributed by atoms with Crippen molar-refractivity contribution in [3.8, 4) is 0 Å². The molecular weight excluding hydrogens is 296 g/mol. The van der Waals surface area contributed by atoms with E-state index >= 15 is 0 Å². The van der Waals surface area contributed by atoms with E-state index in [9.17, 15) is 9.90 Å². The quantitative estimate of drug-likeness (QED) is 0.882. The molecule has 2 N–H and O–H groups in total. The molecular formula is C15H20N6O2. The van der Waals surface area contributed by atoms with Gasteiger partial charge in [-0.15, -0.1) is 5.10 Å². The number of carboxylic acid groups (broad SMARTS) is 1. The van der Waals surface area contributed by atoms with Gasteiger partial charge < -0.3 is 10.4 Å². The van der Waals surface area contributed by atoms with E-state index < -0.39 is 6.09 Å². The molecule has 1 amide bonds. The molecule has 1 aliphatic rings. The van der Waals surface area contributed by atoms with E-state index in [2.05, 4.69) is 20.7 Å². The second kappa shape index (κ2) is 5.86. The van der Waals surface area contributed by atoms with Crippen LogP contribution in [0.1, 0.15) is 35.6 Å². The minimum Gasteiger partial charge on any atom is -0.465 e. The van der Waals surface area contributed by atoms with Crippen LogP contribution in [0.3, 0.4) is 0 Å². The smallest absolute Gasteiger partial charge is 0.411 e. The lowest BCUT2D eigenvalue weighted by Gasteiger charge is -2.24.